The number of hydrogen-bond acceptors (Lipinski definition) is 3. The first-order valence-corrected chi connectivity index (χ1v) is 7.23. The number of carboxylic acid groups (broad SMARTS) is 1. The monoisotopic (exact) mass is 279 g/mol. The van der Waals surface area contributed by atoms with Crippen LogP contribution in [-0.2, 0) is 4.79 Å². The SMILES string of the molecule is CC1CCN(C(=O)c2csc(C=CC(=O)O)c2)CC1. The topological polar surface area (TPSA) is 57.6 Å². The first kappa shape index (κ1) is 13.8. The molecule has 1 saturated heterocycles. The van der Waals surface area contributed by atoms with Crippen molar-refractivity contribution in [3.8, 4) is 0 Å². The smallest absolute Gasteiger partial charge is 0.328 e. The van der Waals surface area contributed by atoms with Crippen LogP contribution in [0.25, 0.3) is 6.08 Å². The minimum Gasteiger partial charge on any atom is -0.478 e. The average Bonchev–Trinajstić information content (AvgIpc) is 2.85. The highest BCUT2D eigenvalue weighted by Gasteiger charge is 2.21. The molecule has 0 aliphatic carbocycles. The van der Waals surface area contributed by atoms with Crippen molar-refractivity contribution in [3.05, 3.63) is 28.0 Å². The van der Waals surface area contributed by atoms with Crippen molar-refractivity contribution in [1.29, 1.82) is 0 Å². The molecule has 1 aliphatic rings. The van der Waals surface area contributed by atoms with E-state index in [1.54, 1.807) is 11.4 Å². The summed E-state index contributed by atoms with van der Waals surface area (Å²) in [7, 11) is 0. The van der Waals surface area contributed by atoms with E-state index in [-0.39, 0.29) is 5.91 Å². The first-order valence-electron chi connectivity index (χ1n) is 6.35. The normalized spacial score (nSPS) is 17.0. The molecule has 5 heteroatoms. The van der Waals surface area contributed by atoms with Crippen molar-refractivity contribution in [2.75, 3.05) is 13.1 Å². The molecule has 1 fully saturated rings. The lowest BCUT2D eigenvalue weighted by atomic mass is 9.99. The van der Waals surface area contributed by atoms with E-state index < -0.39 is 5.97 Å². The fourth-order valence-corrected chi connectivity index (χ4v) is 2.87. The molecule has 19 heavy (non-hydrogen) atoms. The molecular weight excluding hydrogens is 262 g/mol. The molecule has 1 aromatic heterocycles. The van der Waals surface area contributed by atoms with Gasteiger partial charge in [0.1, 0.15) is 0 Å². The van der Waals surface area contributed by atoms with Crippen molar-refractivity contribution in [2.24, 2.45) is 5.92 Å². The Labute approximate surface area is 116 Å². The minimum atomic E-state index is -0.980. The minimum absolute atomic E-state index is 0.0538. The van der Waals surface area contributed by atoms with Gasteiger partial charge in [0.2, 0.25) is 0 Å². The maximum atomic E-state index is 12.3. The summed E-state index contributed by atoms with van der Waals surface area (Å²) in [5, 5.41) is 10.4. The highest BCUT2D eigenvalue weighted by atomic mass is 32.1. The molecule has 1 amide bonds. The second-order valence-corrected chi connectivity index (χ2v) is 5.83. The predicted molar refractivity (Wildman–Crippen MR) is 75.3 cm³/mol. The van der Waals surface area contributed by atoms with Gasteiger partial charge in [0.15, 0.2) is 0 Å². The zero-order valence-corrected chi connectivity index (χ0v) is 11.7. The number of rotatable bonds is 3. The van der Waals surface area contributed by atoms with Crippen LogP contribution < -0.4 is 0 Å². The van der Waals surface area contributed by atoms with E-state index in [2.05, 4.69) is 6.92 Å². The van der Waals surface area contributed by atoms with Gasteiger partial charge in [-0.2, -0.15) is 0 Å². The number of amides is 1. The molecule has 102 valence electrons. The van der Waals surface area contributed by atoms with E-state index in [1.165, 1.54) is 17.4 Å². The molecule has 4 nitrogen and oxygen atoms in total. The van der Waals surface area contributed by atoms with Gasteiger partial charge in [-0.05, 0) is 30.9 Å². The summed E-state index contributed by atoms with van der Waals surface area (Å²) in [5.41, 5.74) is 0.657. The third kappa shape index (κ3) is 3.67. The van der Waals surface area contributed by atoms with Crippen molar-refractivity contribution < 1.29 is 14.7 Å². The van der Waals surface area contributed by atoms with Crippen molar-refractivity contribution >= 4 is 29.3 Å². The number of carbonyl (C=O) groups is 2. The van der Waals surface area contributed by atoms with Gasteiger partial charge in [-0.15, -0.1) is 11.3 Å². The van der Waals surface area contributed by atoms with E-state index in [0.717, 1.165) is 36.9 Å². The van der Waals surface area contributed by atoms with E-state index in [0.29, 0.717) is 11.5 Å². The van der Waals surface area contributed by atoms with Gasteiger partial charge >= 0.3 is 5.97 Å². The lowest BCUT2D eigenvalue weighted by molar-refractivity contribution is -0.131. The van der Waals surface area contributed by atoms with Gasteiger partial charge in [0.25, 0.3) is 5.91 Å². The standard InChI is InChI=1S/C14H17NO3S/c1-10-4-6-15(7-5-10)14(18)11-8-12(19-9-11)2-3-13(16)17/h2-3,8-10H,4-7H2,1H3,(H,16,17). The fourth-order valence-electron chi connectivity index (χ4n) is 2.10. The van der Waals surface area contributed by atoms with E-state index in [9.17, 15) is 9.59 Å². The van der Waals surface area contributed by atoms with Gasteiger partial charge in [-0.1, -0.05) is 6.92 Å². The molecule has 0 atom stereocenters. The molecule has 1 aromatic rings. The Morgan fingerprint density at radius 3 is 2.74 bits per heavy atom. The molecule has 2 rings (SSSR count). The maximum Gasteiger partial charge on any atom is 0.328 e. The third-order valence-electron chi connectivity index (χ3n) is 3.33. The molecule has 0 unspecified atom stereocenters. The van der Waals surface area contributed by atoms with Crippen LogP contribution in [0.4, 0.5) is 0 Å². The Bertz CT molecular complexity index is 499. The third-order valence-corrected chi connectivity index (χ3v) is 4.23. The van der Waals surface area contributed by atoms with Crippen LogP contribution in [-0.4, -0.2) is 35.0 Å². The fraction of sp³-hybridized carbons (Fsp3) is 0.429. The molecule has 2 heterocycles. The van der Waals surface area contributed by atoms with Crippen LogP contribution in [0.3, 0.4) is 0 Å². The summed E-state index contributed by atoms with van der Waals surface area (Å²) in [6, 6.07) is 1.75. The van der Waals surface area contributed by atoms with Crippen LogP contribution in [0.2, 0.25) is 0 Å². The Morgan fingerprint density at radius 1 is 1.42 bits per heavy atom. The zero-order valence-electron chi connectivity index (χ0n) is 10.8. The molecule has 0 saturated carbocycles. The molecule has 0 bridgehead atoms. The number of aliphatic carboxylic acids is 1. The second-order valence-electron chi connectivity index (χ2n) is 4.88. The summed E-state index contributed by atoms with van der Waals surface area (Å²) in [6.45, 7) is 3.84. The number of carbonyl (C=O) groups excluding carboxylic acids is 1. The Hall–Kier alpha value is -1.62. The van der Waals surface area contributed by atoms with Crippen LogP contribution in [0.1, 0.15) is 35.0 Å². The molecule has 1 aliphatic heterocycles. The quantitative estimate of drug-likeness (QED) is 0.865. The van der Waals surface area contributed by atoms with E-state index in [1.807, 2.05) is 4.90 Å². The molecular formula is C14H17NO3S. The summed E-state index contributed by atoms with van der Waals surface area (Å²) >= 11 is 1.39. The van der Waals surface area contributed by atoms with Gasteiger partial charge in [-0.25, -0.2) is 4.79 Å². The lowest BCUT2D eigenvalue weighted by Crippen LogP contribution is -2.37. The predicted octanol–water partition coefficient (Wildman–Crippen LogP) is 2.72. The summed E-state index contributed by atoms with van der Waals surface area (Å²) in [6.07, 6.45) is 4.72. The summed E-state index contributed by atoms with van der Waals surface area (Å²) < 4.78 is 0. The van der Waals surface area contributed by atoms with Gasteiger partial charge in [0, 0.05) is 29.4 Å². The zero-order chi connectivity index (χ0) is 13.8. The number of nitrogens with zero attached hydrogens (tertiary/aromatic N) is 1. The van der Waals surface area contributed by atoms with E-state index >= 15 is 0 Å². The van der Waals surface area contributed by atoms with E-state index in [4.69, 9.17) is 5.11 Å². The highest BCUT2D eigenvalue weighted by Crippen LogP contribution is 2.21. The number of hydrogen-bond donors (Lipinski definition) is 1. The number of thiophene rings is 1. The largest absolute Gasteiger partial charge is 0.478 e. The van der Waals surface area contributed by atoms with Crippen molar-refractivity contribution in [3.63, 3.8) is 0 Å². The Balaban J connectivity index is 2.02. The van der Waals surface area contributed by atoms with Crippen LogP contribution >= 0.6 is 11.3 Å². The Kier molecular flexibility index (Phi) is 4.37. The number of carboxylic acids is 1. The Morgan fingerprint density at radius 2 is 2.11 bits per heavy atom. The molecule has 0 radical (unpaired) electrons. The van der Waals surface area contributed by atoms with Crippen LogP contribution in [0.15, 0.2) is 17.5 Å². The summed E-state index contributed by atoms with van der Waals surface area (Å²) in [4.78, 5) is 25.4. The lowest BCUT2D eigenvalue weighted by Gasteiger charge is -2.30. The second kappa shape index (κ2) is 6.02. The summed E-state index contributed by atoms with van der Waals surface area (Å²) in [5.74, 6) is -0.231. The maximum absolute atomic E-state index is 12.3. The van der Waals surface area contributed by atoms with Gasteiger partial charge < -0.3 is 10.0 Å². The first-order chi connectivity index (χ1) is 9.06. The van der Waals surface area contributed by atoms with Crippen LogP contribution in [0.5, 0.6) is 0 Å². The van der Waals surface area contributed by atoms with Crippen LogP contribution in [0, 0.1) is 5.92 Å². The number of likely N-dealkylation sites (tertiary alicyclic amines) is 1. The highest BCUT2D eigenvalue weighted by molar-refractivity contribution is 7.11. The molecule has 0 spiro atoms. The van der Waals surface area contributed by atoms with Gasteiger partial charge in [0.05, 0.1) is 5.56 Å². The molecule has 0 aromatic carbocycles. The number of piperidine rings is 1. The average molecular weight is 279 g/mol. The molecule has 1 N–H and O–H groups in total. The van der Waals surface area contributed by atoms with Crippen molar-refractivity contribution in [1.82, 2.24) is 4.90 Å². The van der Waals surface area contributed by atoms with Crippen molar-refractivity contribution in [2.45, 2.75) is 19.8 Å². The van der Waals surface area contributed by atoms with Gasteiger partial charge in [-0.3, -0.25) is 4.79 Å².